The van der Waals surface area contributed by atoms with Crippen molar-refractivity contribution in [1.82, 2.24) is 4.31 Å². The Hall–Kier alpha value is -1.65. The highest BCUT2D eigenvalue weighted by molar-refractivity contribution is 7.94. The molecule has 2 fully saturated rings. The number of nitrogens with zero attached hydrogens (tertiary/aromatic N) is 2. The predicted octanol–water partition coefficient (Wildman–Crippen LogP) is 1.57. The van der Waals surface area contributed by atoms with E-state index in [4.69, 9.17) is 4.74 Å². The zero-order valence-corrected chi connectivity index (χ0v) is 17.1. The van der Waals surface area contributed by atoms with Crippen LogP contribution < -0.4 is 9.04 Å². The number of sulfonamides is 2. The van der Waals surface area contributed by atoms with Gasteiger partial charge < -0.3 is 4.74 Å². The molecule has 8 nitrogen and oxygen atoms in total. The van der Waals surface area contributed by atoms with Gasteiger partial charge in [0.05, 0.1) is 24.0 Å². The standard InChI is InChI=1S/C17H24N2O6S2/c1-3-25-15-8-7-14(19-17(20)13(2)12-26(19,21)22)11-16(15)27(23,24)18-9-5-4-6-10-18/h7-8,11,13H,3-6,9-10,12H2,1-2H3. The van der Waals surface area contributed by atoms with Gasteiger partial charge in [0.15, 0.2) is 0 Å². The number of ether oxygens (including phenoxy) is 1. The number of carbonyl (C=O) groups excluding carboxylic acids is 1. The molecule has 0 N–H and O–H groups in total. The van der Waals surface area contributed by atoms with Crippen LogP contribution in [0.3, 0.4) is 0 Å². The molecular weight excluding hydrogens is 392 g/mol. The summed E-state index contributed by atoms with van der Waals surface area (Å²) in [5, 5.41) is 0. The maximum atomic E-state index is 13.2. The van der Waals surface area contributed by atoms with E-state index in [1.807, 2.05) is 0 Å². The van der Waals surface area contributed by atoms with Gasteiger partial charge >= 0.3 is 0 Å². The lowest BCUT2D eigenvalue weighted by atomic mass is 10.2. The first-order chi connectivity index (χ1) is 12.7. The molecule has 1 unspecified atom stereocenters. The predicted molar refractivity (Wildman–Crippen MR) is 101 cm³/mol. The molecule has 2 heterocycles. The van der Waals surface area contributed by atoms with E-state index in [1.54, 1.807) is 13.8 Å². The number of anilines is 1. The number of rotatable bonds is 5. The molecule has 0 saturated carbocycles. The summed E-state index contributed by atoms with van der Waals surface area (Å²) < 4.78 is 58.6. The van der Waals surface area contributed by atoms with Gasteiger partial charge in [0, 0.05) is 13.1 Å². The second-order valence-electron chi connectivity index (χ2n) is 6.81. The fraction of sp³-hybridized carbons (Fsp3) is 0.588. The minimum absolute atomic E-state index is 0.0309. The second kappa shape index (κ2) is 7.40. The van der Waals surface area contributed by atoms with E-state index in [9.17, 15) is 21.6 Å². The van der Waals surface area contributed by atoms with E-state index in [1.165, 1.54) is 22.5 Å². The first-order valence-electron chi connectivity index (χ1n) is 9.02. The maximum absolute atomic E-state index is 13.2. The lowest BCUT2D eigenvalue weighted by molar-refractivity contribution is -0.119. The zero-order chi connectivity index (χ0) is 19.8. The van der Waals surface area contributed by atoms with E-state index in [2.05, 4.69) is 0 Å². The van der Waals surface area contributed by atoms with E-state index in [-0.39, 0.29) is 28.7 Å². The quantitative estimate of drug-likeness (QED) is 0.722. The zero-order valence-electron chi connectivity index (χ0n) is 15.4. The van der Waals surface area contributed by atoms with Crippen LogP contribution in [0.5, 0.6) is 5.75 Å². The highest BCUT2D eigenvalue weighted by Crippen LogP contribution is 2.35. The van der Waals surface area contributed by atoms with Crippen LogP contribution in [0.25, 0.3) is 0 Å². The van der Waals surface area contributed by atoms with Crippen LogP contribution >= 0.6 is 0 Å². The van der Waals surface area contributed by atoms with Gasteiger partial charge in [0.1, 0.15) is 10.6 Å². The normalized spacial score (nSPS) is 23.6. The Balaban J connectivity index is 2.10. The van der Waals surface area contributed by atoms with Crippen LogP contribution in [0.1, 0.15) is 33.1 Å². The van der Waals surface area contributed by atoms with Crippen molar-refractivity contribution in [2.75, 3.05) is 29.8 Å². The smallest absolute Gasteiger partial charge is 0.246 e. The Kier molecular flexibility index (Phi) is 5.51. The molecule has 27 heavy (non-hydrogen) atoms. The second-order valence-corrected chi connectivity index (χ2v) is 10.6. The van der Waals surface area contributed by atoms with Crippen LogP contribution in [-0.2, 0) is 24.8 Å². The Bertz CT molecular complexity index is 936. The Labute approximate surface area is 160 Å². The SMILES string of the molecule is CCOc1ccc(N2C(=O)C(C)CS2(=O)=O)cc1S(=O)(=O)N1CCCCC1. The minimum atomic E-state index is -3.86. The van der Waals surface area contributed by atoms with Gasteiger partial charge in [-0.15, -0.1) is 0 Å². The van der Waals surface area contributed by atoms with Crippen LogP contribution in [0, 0.1) is 5.92 Å². The van der Waals surface area contributed by atoms with E-state index in [0.29, 0.717) is 17.4 Å². The number of carbonyl (C=O) groups is 1. The summed E-state index contributed by atoms with van der Waals surface area (Å²) in [5.41, 5.74) is 0.0309. The van der Waals surface area contributed by atoms with E-state index >= 15 is 0 Å². The molecular formula is C17H24N2O6S2. The molecule has 0 radical (unpaired) electrons. The molecule has 1 aromatic carbocycles. The highest BCUT2D eigenvalue weighted by atomic mass is 32.2. The van der Waals surface area contributed by atoms with Crippen molar-refractivity contribution < 1.29 is 26.4 Å². The summed E-state index contributed by atoms with van der Waals surface area (Å²) in [4.78, 5) is 12.2. The summed E-state index contributed by atoms with van der Waals surface area (Å²) in [6.07, 6.45) is 2.53. The molecule has 2 saturated heterocycles. The van der Waals surface area contributed by atoms with Crippen molar-refractivity contribution in [3.63, 3.8) is 0 Å². The molecule has 1 aromatic rings. The first-order valence-corrected chi connectivity index (χ1v) is 12.1. The summed E-state index contributed by atoms with van der Waals surface area (Å²) in [5.74, 6) is -1.35. The van der Waals surface area contributed by atoms with Crippen LogP contribution in [0.4, 0.5) is 5.69 Å². The number of amides is 1. The average Bonchev–Trinajstić information content (AvgIpc) is 2.83. The van der Waals surface area contributed by atoms with E-state index < -0.39 is 31.9 Å². The monoisotopic (exact) mass is 416 g/mol. The molecule has 2 aliphatic rings. The third kappa shape index (κ3) is 3.70. The summed E-state index contributed by atoms with van der Waals surface area (Å²) in [6.45, 7) is 4.37. The summed E-state index contributed by atoms with van der Waals surface area (Å²) >= 11 is 0. The Morgan fingerprint density at radius 3 is 2.41 bits per heavy atom. The minimum Gasteiger partial charge on any atom is -0.492 e. The molecule has 0 aromatic heterocycles. The highest BCUT2D eigenvalue weighted by Gasteiger charge is 2.42. The molecule has 0 aliphatic carbocycles. The van der Waals surface area contributed by atoms with Crippen LogP contribution in [-0.4, -0.2) is 52.5 Å². The first kappa shape index (κ1) is 20.1. The number of benzene rings is 1. The largest absolute Gasteiger partial charge is 0.492 e. The number of piperidine rings is 1. The lowest BCUT2D eigenvalue weighted by Gasteiger charge is -2.27. The number of hydrogen-bond acceptors (Lipinski definition) is 6. The Morgan fingerprint density at radius 2 is 1.85 bits per heavy atom. The fourth-order valence-corrected chi connectivity index (χ4v) is 6.91. The van der Waals surface area contributed by atoms with Crippen molar-refractivity contribution in [2.45, 2.75) is 38.0 Å². The average molecular weight is 417 g/mol. The van der Waals surface area contributed by atoms with Crippen molar-refractivity contribution in [3.05, 3.63) is 18.2 Å². The van der Waals surface area contributed by atoms with Gasteiger partial charge in [0.25, 0.3) is 0 Å². The molecule has 150 valence electrons. The summed E-state index contributed by atoms with van der Waals surface area (Å²) in [7, 11) is -7.68. The fourth-order valence-electron chi connectivity index (χ4n) is 3.43. The molecule has 3 rings (SSSR count). The molecule has 1 atom stereocenters. The van der Waals surface area contributed by atoms with Crippen molar-refractivity contribution in [3.8, 4) is 5.75 Å². The topological polar surface area (TPSA) is 101 Å². The molecule has 2 aliphatic heterocycles. The van der Waals surface area contributed by atoms with Crippen molar-refractivity contribution >= 4 is 31.6 Å². The third-order valence-electron chi connectivity index (χ3n) is 4.76. The van der Waals surface area contributed by atoms with Gasteiger partial charge in [0.2, 0.25) is 26.0 Å². The molecule has 0 bridgehead atoms. The Morgan fingerprint density at radius 1 is 1.19 bits per heavy atom. The third-order valence-corrected chi connectivity index (χ3v) is 8.54. The van der Waals surface area contributed by atoms with Gasteiger partial charge in [-0.25, -0.2) is 21.1 Å². The summed E-state index contributed by atoms with van der Waals surface area (Å²) in [6, 6.07) is 4.07. The maximum Gasteiger partial charge on any atom is 0.246 e. The van der Waals surface area contributed by atoms with Crippen molar-refractivity contribution in [2.24, 2.45) is 5.92 Å². The van der Waals surface area contributed by atoms with Crippen LogP contribution in [0.2, 0.25) is 0 Å². The lowest BCUT2D eigenvalue weighted by Crippen LogP contribution is -2.36. The van der Waals surface area contributed by atoms with Crippen molar-refractivity contribution in [1.29, 1.82) is 0 Å². The van der Waals surface area contributed by atoms with Gasteiger partial charge in [-0.2, -0.15) is 4.31 Å². The van der Waals surface area contributed by atoms with Gasteiger partial charge in [-0.05, 0) is 38.0 Å². The molecule has 0 spiro atoms. The van der Waals surface area contributed by atoms with Gasteiger partial charge in [-0.3, -0.25) is 4.79 Å². The molecule has 10 heteroatoms. The molecule has 1 amide bonds. The van der Waals surface area contributed by atoms with Gasteiger partial charge in [-0.1, -0.05) is 13.3 Å². The van der Waals surface area contributed by atoms with E-state index in [0.717, 1.165) is 19.3 Å². The van der Waals surface area contributed by atoms with Crippen LogP contribution in [0.15, 0.2) is 23.1 Å². The number of hydrogen-bond donors (Lipinski definition) is 0.